The average Bonchev–Trinajstić information content (AvgIpc) is 2.72. The predicted molar refractivity (Wildman–Crippen MR) is 100.0 cm³/mol. The quantitative estimate of drug-likeness (QED) is 0.771. The Labute approximate surface area is 145 Å². The Hall–Kier alpha value is -1.96. The summed E-state index contributed by atoms with van der Waals surface area (Å²) in [7, 11) is 0. The highest BCUT2D eigenvalue weighted by Crippen LogP contribution is 2.30. The van der Waals surface area contributed by atoms with E-state index in [0.717, 1.165) is 25.3 Å². The molecule has 0 N–H and O–H groups in total. The fourth-order valence-corrected chi connectivity index (χ4v) is 3.84. The summed E-state index contributed by atoms with van der Waals surface area (Å²) in [4.78, 5) is 2.53. The van der Waals surface area contributed by atoms with Crippen LogP contribution in [0.1, 0.15) is 47.9 Å². The van der Waals surface area contributed by atoms with Crippen LogP contribution >= 0.6 is 0 Å². The maximum absolute atomic E-state index is 6.09. The second-order valence-electron chi connectivity index (χ2n) is 7.47. The van der Waals surface area contributed by atoms with Crippen molar-refractivity contribution in [1.82, 2.24) is 0 Å². The highest BCUT2D eigenvalue weighted by Gasteiger charge is 2.20. The average molecular weight is 321 g/mol. The summed E-state index contributed by atoms with van der Waals surface area (Å²) >= 11 is 0. The first-order valence-electron chi connectivity index (χ1n) is 9.29. The van der Waals surface area contributed by atoms with Crippen molar-refractivity contribution in [2.24, 2.45) is 0 Å². The van der Waals surface area contributed by atoms with Gasteiger partial charge in [-0.3, -0.25) is 0 Å². The summed E-state index contributed by atoms with van der Waals surface area (Å²) in [5.41, 5.74) is 6.97. The van der Waals surface area contributed by atoms with Gasteiger partial charge in [0.05, 0.1) is 6.10 Å². The van der Waals surface area contributed by atoms with Crippen molar-refractivity contribution in [2.75, 3.05) is 11.4 Å². The second-order valence-corrected chi connectivity index (χ2v) is 7.47. The Kier molecular flexibility index (Phi) is 4.22. The summed E-state index contributed by atoms with van der Waals surface area (Å²) in [5, 5.41) is 0. The highest BCUT2D eigenvalue weighted by molar-refractivity contribution is 5.52. The fraction of sp³-hybridized carbons (Fsp3) is 0.455. The van der Waals surface area contributed by atoms with E-state index in [2.05, 4.69) is 55.1 Å². The zero-order valence-electron chi connectivity index (χ0n) is 14.8. The number of fused-ring (bicyclic) bond motifs is 1. The number of anilines is 1. The van der Waals surface area contributed by atoms with E-state index >= 15 is 0 Å². The summed E-state index contributed by atoms with van der Waals surface area (Å²) < 4.78 is 6.09. The lowest BCUT2D eigenvalue weighted by molar-refractivity contribution is 0.120. The van der Waals surface area contributed by atoms with Gasteiger partial charge in [-0.1, -0.05) is 12.1 Å². The van der Waals surface area contributed by atoms with Gasteiger partial charge in [0.2, 0.25) is 0 Å². The van der Waals surface area contributed by atoms with E-state index in [9.17, 15) is 0 Å². The molecule has 1 aliphatic heterocycles. The molecular weight excluding hydrogens is 294 g/mol. The van der Waals surface area contributed by atoms with E-state index in [1.165, 1.54) is 53.6 Å². The molecule has 1 aliphatic carbocycles. The Morgan fingerprint density at radius 3 is 2.42 bits per heavy atom. The molecule has 2 heteroatoms. The molecule has 0 aromatic heterocycles. The van der Waals surface area contributed by atoms with Crippen molar-refractivity contribution in [3.8, 4) is 5.75 Å². The lowest BCUT2D eigenvalue weighted by atomic mass is 9.96. The van der Waals surface area contributed by atoms with Gasteiger partial charge in [-0.25, -0.2) is 0 Å². The minimum atomic E-state index is 0.459. The van der Waals surface area contributed by atoms with Gasteiger partial charge < -0.3 is 9.64 Å². The summed E-state index contributed by atoms with van der Waals surface area (Å²) in [5.74, 6) is 1.07. The Morgan fingerprint density at radius 1 is 0.917 bits per heavy atom. The molecule has 2 aromatic rings. The number of rotatable bonds is 3. The second kappa shape index (κ2) is 6.51. The van der Waals surface area contributed by atoms with Crippen LogP contribution in [0, 0.1) is 13.8 Å². The molecule has 2 aromatic carbocycles. The Bertz CT molecular complexity index is 712. The molecule has 0 radical (unpaired) electrons. The first-order valence-corrected chi connectivity index (χ1v) is 9.29. The molecule has 0 saturated heterocycles. The maximum Gasteiger partial charge on any atom is 0.120 e. The number of benzene rings is 2. The van der Waals surface area contributed by atoms with Crippen molar-refractivity contribution in [2.45, 2.75) is 58.6 Å². The minimum absolute atomic E-state index is 0.459. The third-order valence-corrected chi connectivity index (χ3v) is 5.34. The summed E-state index contributed by atoms with van der Waals surface area (Å²) in [6.07, 6.45) is 6.57. The van der Waals surface area contributed by atoms with Crippen LogP contribution in [0.5, 0.6) is 5.75 Å². The van der Waals surface area contributed by atoms with Gasteiger partial charge in [0, 0.05) is 18.8 Å². The molecule has 0 unspecified atom stereocenters. The first-order chi connectivity index (χ1) is 11.7. The number of ether oxygens (including phenoxy) is 1. The molecule has 1 saturated carbocycles. The van der Waals surface area contributed by atoms with E-state index in [0.29, 0.717) is 6.10 Å². The van der Waals surface area contributed by atoms with Crippen LogP contribution in [-0.2, 0) is 13.0 Å². The number of nitrogens with zero attached hydrogens (tertiary/aromatic N) is 1. The molecule has 2 aliphatic rings. The van der Waals surface area contributed by atoms with Gasteiger partial charge in [-0.15, -0.1) is 0 Å². The van der Waals surface area contributed by atoms with Crippen LogP contribution < -0.4 is 9.64 Å². The zero-order valence-corrected chi connectivity index (χ0v) is 14.8. The minimum Gasteiger partial charge on any atom is -0.490 e. The fourth-order valence-electron chi connectivity index (χ4n) is 3.84. The van der Waals surface area contributed by atoms with Crippen LogP contribution in [0.2, 0.25) is 0 Å². The Balaban J connectivity index is 1.55. The third kappa shape index (κ3) is 3.28. The van der Waals surface area contributed by atoms with E-state index < -0.39 is 0 Å². The molecule has 1 heterocycles. The van der Waals surface area contributed by atoms with Crippen molar-refractivity contribution in [3.05, 3.63) is 58.7 Å². The van der Waals surface area contributed by atoms with Crippen LogP contribution in [0.25, 0.3) is 0 Å². The molecule has 2 nitrogen and oxygen atoms in total. The van der Waals surface area contributed by atoms with Crippen LogP contribution in [0.15, 0.2) is 36.4 Å². The lowest BCUT2D eigenvalue weighted by Gasteiger charge is -2.27. The van der Waals surface area contributed by atoms with E-state index in [1.54, 1.807) is 0 Å². The molecule has 4 rings (SSSR count). The van der Waals surface area contributed by atoms with Crippen LogP contribution in [0.3, 0.4) is 0 Å². The van der Waals surface area contributed by atoms with Gasteiger partial charge in [0.15, 0.2) is 0 Å². The van der Waals surface area contributed by atoms with Gasteiger partial charge in [0.25, 0.3) is 0 Å². The molecule has 24 heavy (non-hydrogen) atoms. The van der Waals surface area contributed by atoms with Gasteiger partial charge >= 0.3 is 0 Å². The zero-order chi connectivity index (χ0) is 16.5. The Morgan fingerprint density at radius 2 is 1.71 bits per heavy atom. The first kappa shape index (κ1) is 15.6. The molecule has 1 fully saturated rings. The van der Waals surface area contributed by atoms with E-state index in [4.69, 9.17) is 4.74 Å². The number of aryl methyl sites for hydroxylation is 3. The molecular formula is C22H27NO. The third-order valence-electron chi connectivity index (χ3n) is 5.34. The molecule has 0 amide bonds. The SMILES string of the molecule is Cc1cc(C)cc(N2CCCc3cc(OC4CCC4)ccc3C2)c1. The van der Waals surface area contributed by atoms with Crippen molar-refractivity contribution < 1.29 is 4.74 Å². The van der Waals surface area contributed by atoms with Crippen LogP contribution in [-0.4, -0.2) is 12.6 Å². The van der Waals surface area contributed by atoms with Gasteiger partial charge in [-0.2, -0.15) is 0 Å². The van der Waals surface area contributed by atoms with Gasteiger partial charge in [0.1, 0.15) is 5.75 Å². The van der Waals surface area contributed by atoms with Crippen molar-refractivity contribution in [1.29, 1.82) is 0 Å². The van der Waals surface area contributed by atoms with E-state index in [1.807, 2.05) is 0 Å². The van der Waals surface area contributed by atoms with Crippen molar-refractivity contribution in [3.63, 3.8) is 0 Å². The normalized spacial score (nSPS) is 17.8. The number of hydrogen-bond acceptors (Lipinski definition) is 2. The van der Waals surface area contributed by atoms with Crippen molar-refractivity contribution >= 4 is 5.69 Å². The molecule has 0 spiro atoms. The largest absolute Gasteiger partial charge is 0.490 e. The summed E-state index contributed by atoms with van der Waals surface area (Å²) in [6.45, 7) is 6.50. The molecule has 126 valence electrons. The lowest BCUT2D eigenvalue weighted by Crippen LogP contribution is -2.24. The standard InChI is InChI=1S/C22H27NO/c1-16-11-17(2)13-20(12-16)23-10-4-5-18-14-22(9-8-19(18)15-23)24-21-6-3-7-21/h8-9,11-14,21H,3-7,10,15H2,1-2H3. The maximum atomic E-state index is 6.09. The summed E-state index contributed by atoms with van der Waals surface area (Å²) in [6, 6.07) is 13.6. The monoisotopic (exact) mass is 321 g/mol. The van der Waals surface area contributed by atoms with E-state index in [-0.39, 0.29) is 0 Å². The van der Waals surface area contributed by atoms with Crippen LogP contribution in [0.4, 0.5) is 5.69 Å². The molecule has 0 bridgehead atoms. The topological polar surface area (TPSA) is 12.5 Å². The smallest absolute Gasteiger partial charge is 0.120 e. The highest BCUT2D eigenvalue weighted by atomic mass is 16.5. The predicted octanol–water partition coefficient (Wildman–Crippen LogP) is 5.19. The number of hydrogen-bond donors (Lipinski definition) is 0. The van der Waals surface area contributed by atoms with Gasteiger partial charge in [-0.05, 0) is 92.5 Å². The molecule has 0 atom stereocenters.